The summed E-state index contributed by atoms with van der Waals surface area (Å²) in [5.41, 5.74) is 0. The topological polar surface area (TPSA) is 57.7 Å². The fraction of sp³-hybridized carbons (Fsp3) is 0.522. The van der Waals surface area contributed by atoms with E-state index in [1.54, 1.807) is 16.4 Å². The van der Waals surface area contributed by atoms with Gasteiger partial charge < -0.3 is 4.90 Å². The summed E-state index contributed by atoms with van der Waals surface area (Å²) in [6.45, 7) is 6.88. The lowest BCUT2D eigenvalue weighted by Gasteiger charge is -2.39. The number of nitrogens with zero attached hydrogens (tertiary/aromatic N) is 2. The molecule has 0 aromatic heterocycles. The van der Waals surface area contributed by atoms with Gasteiger partial charge in [0.05, 0.1) is 4.90 Å². The molecule has 0 saturated carbocycles. The van der Waals surface area contributed by atoms with E-state index in [2.05, 4.69) is 13.8 Å². The van der Waals surface area contributed by atoms with Gasteiger partial charge in [0, 0.05) is 32.1 Å². The third-order valence-electron chi connectivity index (χ3n) is 6.34. The van der Waals surface area contributed by atoms with E-state index in [4.69, 9.17) is 0 Å². The molecule has 5 nitrogen and oxygen atoms in total. The molecule has 2 fully saturated rings. The average molecular weight is 415 g/mol. The number of rotatable bonds is 3. The summed E-state index contributed by atoms with van der Waals surface area (Å²) in [5.74, 6) is 1.23. The molecule has 2 aliphatic heterocycles. The molecule has 0 radical (unpaired) electrons. The number of hydrogen-bond acceptors (Lipinski definition) is 3. The first kappa shape index (κ1) is 20.4. The molecule has 0 aliphatic carbocycles. The molecule has 1 amide bonds. The summed E-state index contributed by atoms with van der Waals surface area (Å²) < 4.78 is 27.8. The zero-order valence-corrected chi connectivity index (χ0v) is 18.1. The summed E-state index contributed by atoms with van der Waals surface area (Å²) in [6, 6.07) is 13.1. The third-order valence-corrected chi connectivity index (χ3v) is 8.24. The molecule has 2 heterocycles. The first-order chi connectivity index (χ1) is 13.8. The van der Waals surface area contributed by atoms with Gasteiger partial charge in [-0.2, -0.15) is 4.31 Å². The van der Waals surface area contributed by atoms with E-state index in [0.717, 1.165) is 23.9 Å². The van der Waals surface area contributed by atoms with E-state index < -0.39 is 10.0 Å². The van der Waals surface area contributed by atoms with Crippen LogP contribution in [0.5, 0.6) is 0 Å². The molecule has 2 aromatic rings. The third kappa shape index (κ3) is 4.19. The van der Waals surface area contributed by atoms with Crippen LogP contribution in [-0.4, -0.2) is 49.7 Å². The monoisotopic (exact) mass is 414 g/mol. The maximum absolute atomic E-state index is 13.1. The Morgan fingerprint density at radius 1 is 0.931 bits per heavy atom. The van der Waals surface area contributed by atoms with Gasteiger partial charge in [0.25, 0.3) is 0 Å². The van der Waals surface area contributed by atoms with Crippen LogP contribution in [0.3, 0.4) is 0 Å². The van der Waals surface area contributed by atoms with E-state index in [0.29, 0.717) is 42.7 Å². The summed E-state index contributed by atoms with van der Waals surface area (Å²) >= 11 is 0. The Balaban J connectivity index is 1.43. The lowest BCUT2D eigenvalue weighted by Crippen LogP contribution is -2.48. The summed E-state index contributed by atoms with van der Waals surface area (Å²) in [4.78, 5) is 15.3. The molecule has 2 atom stereocenters. The van der Waals surface area contributed by atoms with Crippen LogP contribution in [0.25, 0.3) is 10.8 Å². The number of sulfonamides is 1. The zero-order chi connectivity index (χ0) is 20.6. The molecule has 0 spiro atoms. The quantitative estimate of drug-likeness (QED) is 0.769. The van der Waals surface area contributed by atoms with Gasteiger partial charge in [0.15, 0.2) is 0 Å². The standard InChI is InChI=1S/C23H30N2O3S/c1-17-13-18(2)16-24(15-17)23(26)20-9-11-25(12-10-20)29(27,28)22-8-7-19-5-3-4-6-21(19)14-22/h3-8,14,17-18,20H,9-13,15-16H2,1-2H3/t17-,18+. The van der Waals surface area contributed by atoms with Crippen molar-refractivity contribution in [2.75, 3.05) is 26.2 Å². The molecule has 0 unspecified atom stereocenters. The van der Waals surface area contributed by atoms with Gasteiger partial charge in [-0.25, -0.2) is 8.42 Å². The first-order valence-corrected chi connectivity index (χ1v) is 12.1. The second kappa shape index (κ2) is 8.07. The van der Waals surface area contributed by atoms with Crippen molar-refractivity contribution in [2.24, 2.45) is 17.8 Å². The van der Waals surface area contributed by atoms with Gasteiger partial charge in [0.1, 0.15) is 0 Å². The van der Waals surface area contributed by atoms with Gasteiger partial charge in [-0.05, 0) is 54.0 Å². The highest BCUT2D eigenvalue weighted by atomic mass is 32.2. The van der Waals surface area contributed by atoms with Gasteiger partial charge in [-0.15, -0.1) is 0 Å². The highest BCUT2D eigenvalue weighted by Gasteiger charge is 2.35. The van der Waals surface area contributed by atoms with Crippen LogP contribution in [0.4, 0.5) is 0 Å². The number of hydrogen-bond donors (Lipinski definition) is 0. The highest BCUT2D eigenvalue weighted by Crippen LogP contribution is 2.29. The lowest BCUT2D eigenvalue weighted by atomic mass is 9.89. The van der Waals surface area contributed by atoms with E-state index in [9.17, 15) is 13.2 Å². The van der Waals surface area contributed by atoms with Crippen LogP contribution in [-0.2, 0) is 14.8 Å². The Morgan fingerprint density at radius 2 is 1.55 bits per heavy atom. The molecule has 2 aromatic carbocycles. The summed E-state index contributed by atoms with van der Waals surface area (Å²) in [5, 5.41) is 1.95. The Labute approximate surface area is 173 Å². The van der Waals surface area contributed by atoms with Gasteiger partial charge >= 0.3 is 0 Å². The van der Waals surface area contributed by atoms with Crippen molar-refractivity contribution < 1.29 is 13.2 Å². The number of piperidine rings is 2. The number of carbonyl (C=O) groups excluding carboxylic acids is 1. The van der Waals surface area contributed by atoms with E-state index in [1.165, 1.54) is 6.42 Å². The van der Waals surface area contributed by atoms with Crippen LogP contribution >= 0.6 is 0 Å². The predicted octanol–water partition coefficient (Wildman–Crippen LogP) is 3.75. The van der Waals surface area contributed by atoms with E-state index in [-0.39, 0.29) is 11.8 Å². The SMILES string of the molecule is C[C@@H]1C[C@H](C)CN(C(=O)C2CCN(S(=O)(=O)c3ccc4ccccc4c3)CC2)C1. The Hall–Kier alpha value is -1.92. The molecular formula is C23H30N2O3S. The van der Waals surface area contributed by atoms with Gasteiger partial charge in [0.2, 0.25) is 15.9 Å². The lowest BCUT2D eigenvalue weighted by molar-refractivity contribution is -0.139. The number of likely N-dealkylation sites (tertiary alicyclic amines) is 1. The van der Waals surface area contributed by atoms with Gasteiger partial charge in [-0.3, -0.25) is 4.79 Å². The van der Waals surface area contributed by atoms with E-state index in [1.807, 2.05) is 35.2 Å². The fourth-order valence-electron chi connectivity index (χ4n) is 4.92. The molecule has 2 aliphatic rings. The van der Waals surface area contributed by atoms with Crippen molar-refractivity contribution in [2.45, 2.75) is 38.0 Å². The summed E-state index contributed by atoms with van der Waals surface area (Å²) in [6.07, 6.45) is 2.38. The minimum absolute atomic E-state index is 0.0597. The zero-order valence-electron chi connectivity index (χ0n) is 17.3. The second-order valence-electron chi connectivity index (χ2n) is 8.88. The predicted molar refractivity (Wildman–Crippen MR) is 115 cm³/mol. The normalized spacial score (nSPS) is 24.7. The number of fused-ring (bicyclic) bond motifs is 1. The molecule has 2 saturated heterocycles. The number of benzene rings is 2. The van der Waals surface area contributed by atoms with Crippen LogP contribution in [0.1, 0.15) is 33.1 Å². The van der Waals surface area contributed by atoms with Crippen LogP contribution in [0.2, 0.25) is 0 Å². The minimum Gasteiger partial charge on any atom is -0.342 e. The molecule has 4 rings (SSSR count). The largest absolute Gasteiger partial charge is 0.342 e. The molecule has 0 bridgehead atoms. The van der Waals surface area contributed by atoms with Crippen molar-refractivity contribution in [1.82, 2.24) is 9.21 Å². The Bertz CT molecular complexity index is 986. The minimum atomic E-state index is -3.54. The highest BCUT2D eigenvalue weighted by molar-refractivity contribution is 7.89. The van der Waals surface area contributed by atoms with Crippen molar-refractivity contribution >= 4 is 26.7 Å². The number of carbonyl (C=O) groups is 1. The Kier molecular flexibility index (Phi) is 5.67. The van der Waals surface area contributed by atoms with Crippen LogP contribution in [0, 0.1) is 17.8 Å². The maximum atomic E-state index is 13.1. The van der Waals surface area contributed by atoms with Gasteiger partial charge in [-0.1, -0.05) is 44.2 Å². The van der Waals surface area contributed by atoms with Crippen LogP contribution in [0.15, 0.2) is 47.4 Å². The van der Waals surface area contributed by atoms with Crippen molar-refractivity contribution in [1.29, 1.82) is 0 Å². The maximum Gasteiger partial charge on any atom is 0.243 e. The van der Waals surface area contributed by atoms with Crippen molar-refractivity contribution in [3.63, 3.8) is 0 Å². The first-order valence-electron chi connectivity index (χ1n) is 10.6. The molecule has 6 heteroatoms. The van der Waals surface area contributed by atoms with Crippen LogP contribution < -0.4 is 0 Å². The average Bonchev–Trinajstić information content (AvgIpc) is 2.72. The second-order valence-corrected chi connectivity index (χ2v) is 10.8. The van der Waals surface area contributed by atoms with Crippen molar-refractivity contribution in [3.8, 4) is 0 Å². The van der Waals surface area contributed by atoms with Crippen molar-refractivity contribution in [3.05, 3.63) is 42.5 Å². The molecule has 29 heavy (non-hydrogen) atoms. The molecule has 0 N–H and O–H groups in total. The number of amides is 1. The summed E-state index contributed by atoms with van der Waals surface area (Å²) in [7, 11) is -3.54. The smallest absolute Gasteiger partial charge is 0.243 e. The molecule has 156 valence electrons. The molecular weight excluding hydrogens is 384 g/mol. The fourth-order valence-corrected chi connectivity index (χ4v) is 6.43. The Morgan fingerprint density at radius 3 is 2.21 bits per heavy atom. The van der Waals surface area contributed by atoms with E-state index >= 15 is 0 Å².